The molecule has 1 fully saturated rings. The maximum atomic E-state index is 6.10. The van der Waals surface area contributed by atoms with E-state index in [9.17, 15) is 0 Å². The quantitative estimate of drug-likeness (QED) is 0.639. The highest BCUT2D eigenvalue weighted by Crippen LogP contribution is 2.27. The summed E-state index contributed by atoms with van der Waals surface area (Å²) in [5.41, 5.74) is 6.77. The highest BCUT2D eigenvalue weighted by molar-refractivity contribution is 6.32. The predicted octanol–water partition coefficient (Wildman–Crippen LogP) is 3.20. The Labute approximate surface area is 143 Å². The van der Waals surface area contributed by atoms with Gasteiger partial charge in [0.1, 0.15) is 5.75 Å². The van der Waals surface area contributed by atoms with Gasteiger partial charge in [-0.2, -0.15) is 0 Å². The lowest BCUT2D eigenvalue weighted by Crippen LogP contribution is -2.41. The SMILES string of the molecule is COc1ccc(NC(N)=NCC(C)N2CCC(C)CC2)cc1Cl. The lowest BCUT2D eigenvalue weighted by Gasteiger charge is -2.34. The van der Waals surface area contributed by atoms with E-state index in [0.29, 0.717) is 29.3 Å². The summed E-state index contributed by atoms with van der Waals surface area (Å²) in [6, 6.07) is 5.85. The number of piperidine rings is 1. The molecule has 0 spiro atoms. The van der Waals surface area contributed by atoms with Gasteiger partial charge in [0, 0.05) is 11.7 Å². The number of hydrogen-bond donors (Lipinski definition) is 2. The molecule has 1 aliphatic heterocycles. The van der Waals surface area contributed by atoms with E-state index in [1.54, 1.807) is 19.2 Å². The average Bonchev–Trinajstić information content (AvgIpc) is 2.53. The van der Waals surface area contributed by atoms with Crippen LogP contribution in [0.25, 0.3) is 0 Å². The number of nitrogens with two attached hydrogens (primary N) is 1. The number of halogens is 1. The summed E-state index contributed by atoms with van der Waals surface area (Å²) in [5, 5.41) is 3.61. The molecule has 5 nitrogen and oxygen atoms in total. The van der Waals surface area contributed by atoms with Crippen molar-refractivity contribution in [3.63, 3.8) is 0 Å². The lowest BCUT2D eigenvalue weighted by molar-refractivity contribution is 0.150. The topological polar surface area (TPSA) is 62.9 Å². The van der Waals surface area contributed by atoms with E-state index in [-0.39, 0.29) is 0 Å². The first-order valence-electron chi connectivity index (χ1n) is 8.14. The molecule has 1 heterocycles. The molecule has 6 heteroatoms. The minimum absolute atomic E-state index is 0.405. The lowest BCUT2D eigenvalue weighted by atomic mass is 9.98. The van der Waals surface area contributed by atoms with Gasteiger partial charge in [-0.05, 0) is 57.0 Å². The van der Waals surface area contributed by atoms with Gasteiger partial charge in [0.25, 0.3) is 0 Å². The molecule has 3 N–H and O–H groups in total. The molecule has 1 atom stereocenters. The van der Waals surface area contributed by atoms with Gasteiger partial charge in [-0.1, -0.05) is 18.5 Å². The van der Waals surface area contributed by atoms with Crippen molar-refractivity contribution in [3.8, 4) is 5.75 Å². The van der Waals surface area contributed by atoms with Crippen LogP contribution in [0.2, 0.25) is 5.02 Å². The van der Waals surface area contributed by atoms with E-state index in [2.05, 4.69) is 29.1 Å². The molecule has 1 saturated heterocycles. The fourth-order valence-corrected chi connectivity index (χ4v) is 3.00. The Balaban J connectivity index is 1.86. The Morgan fingerprint density at radius 1 is 1.48 bits per heavy atom. The maximum absolute atomic E-state index is 6.10. The van der Waals surface area contributed by atoms with Crippen molar-refractivity contribution < 1.29 is 4.74 Å². The van der Waals surface area contributed by atoms with E-state index in [1.165, 1.54) is 12.8 Å². The van der Waals surface area contributed by atoms with Gasteiger partial charge in [-0.15, -0.1) is 0 Å². The summed E-state index contributed by atoms with van der Waals surface area (Å²) in [6.07, 6.45) is 2.54. The van der Waals surface area contributed by atoms with Gasteiger partial charge in [0.15, 0.2) is 5.96 Å². The smallest absolute Gasteiger partial charge is 0.193 e. The Bertz CT molecular complexity index is 541. The summed E-state index contributed by atoms with van der Waals surface area (Å²) >= 11 is 6.10. The van der Waals surface area contributed by atoms with Crippen molar-refractivity contribution in [1.29, 1.82) is 0 Å². The Morgan fingerprint density at radius 3 is 2.78 bits per heavy atom. The molecular weight excluding hydrogens is 312 g/mol. The van der Waals surface area contributed by atoms with Gasteiger partial charge in [0.2, 0.25) is 0 Å². The number of nitrogens with zero attached hydrogens (tertiary/aromatic N) is 2. The van der Waals surface area contributed by atoms with Crippen LogP contribution in [0.1, 0.15) is 26.7 Å². The number of likely N-dealkylation sites (tertiary alicyclic amines) is 1. The number of ether oxygens (including phenoxy) is 1. The average molecular weight is 339 g/mol. The number of benzene rings is 1. The van der Waals surface area contributed by atoms with Crippen LogP contribution in [0.3, 0.4) is 0 Å². The number of hydrogen-bond acceptors (Lipinski definition) is 3. The Hall–Kier alpha value is -1.46. The zero-order chi connectivity index (χ0) is 16.8. The van der Waals surface area contributed by atoms with Crippen LogP contribution in [0.15, 0.2) is 23.2 Å². The fourth-order valence-electron chi connectivity index (χ4n) is 2.75. The second-order valence-electron chi connectivity index (χ2n) is 6.27. The van der Waals surface area contributed by atoms with Crippen LogP contribution < -0.4 is 15.8 Å². The third kappa shape index (κ3) is 5.29. The number of nitrogens with one attached hydrogen (secondary N) is 1. The molecule has 1 aromatic carbocycles. The first kappa shape index (κ1) is 17.9. The first-order valence-corrected chi connectivity index (χ1v) is 8.52. The summed E-state index contributed by atoms with van der Waals surface area (Å²) in [6.45, 7) is 7.52. The number of aliphatic imine (C=N–C) groups is 1. The molecule has 1 aliphatic rings. The molecule has 23 heavy (non-hydrogen) atoms. The van der Waals surface area contributed by atoms with Crippen molar-refractivity contribution in [3.05, 3.63) is 23.2 Å². The van der Waals surface area contributed by atoms with Crippen LogP contribution >= 0.6 is 11.6 Å². The molecule has 0 amide bonds. The summed E-state index contributed by atoms with van der Waals surface area (Å²) in [5.74, 6) is 1.89. The second-order valence-corrected chi connectivity index (χ2v) is 6.67. The largest absolute Gasteiger partial charge is 0.495 e. The van der Waals surface area contributed by atoms with E-state index >= 15 is 0 Å². The molecule has 0 radical (unpaired) electrons. The Morgan fingerprint density at radius 2 is 2.17 bits per heavy atom. The second kappa shape index (κ2) is 8.41. The first-order chi connectivity index (χ1) is 11.0. The maximum Gasteiger partial charge on any atom is 0.193 e. The van der Waals surface area contributed by atoms with Crippen LogP contribution in [-0.4, -0.2) is 43.6 Å². The van der Waals surface area contributed by atoms with Crippen molar-refractivity contribution in [2.24, 2.45) is 16.6 Å². The fraction of sp³-hybridized carbons (Fsp3) is 0.588. The Kier molecular flexibility index (Phi) is 6.54. The third-order valence-electron chi connectivity index (χ3n) is 4.39. The molecule has 0 saturated carbocycles. The monoisotopic (exact) mass is 338 g/mol. The van der Waals surface area contributed by atoms with Gasteiger partial charge in [-0.25, -0.2) is 0 Å². The van der Waals surface area contributed by atoms with Crippen molar-refractivity contribution in [1.82, 2.24) is 4.90 Å². The molecule has 128 valence electrons. The molecule has 0 aromatic heterocycles. The molecule has 1 aromatic rings. The zero-order valence-electron chi connectivity index (χ0n) is 14.2. The summed E-state index contributed by atoms with van der Waals surface area (Å²) < 4.78 is 5.13. The van der Waals surface area contributed by atoms with Gasteiger partial charge in [-0.3, -0.25) is 9.89 Å². The van der Waals surface area contributed by atoms with E-state index < -0.39 is 0 Å². The normalized spacial score (nSPS) is 18.7. The van der Waals surface area contributed by atoms with E-state index in [0.717, 1.165) is 24.7 Å². The van der Waals surface area contributed by atoms with Crippen molar-refractivity contribution in [2.45, 2.75) is 32.7 Å². The highest BCUT2D eigenvalue weighted by Gasteiger charge is 2.19. The van der Waals surface area contributed by atoms with Gasteiger partial charge >= 0.3 is 0 Å². The van der Waals surface area contributed by atoms with Crippen molar-refractivity contribution >= 4 is 23.2 Å². The molecular formula is C17H27ClN4O. The summed E-state index contributed by atoms with van der Waals surface area (Å²) in [7, 11) is 1.59. The minimum atomic E-state index is 0.405. The predicted molar refractivity (Wildman–Crippen MR) is 97.5 cm³/mol. The summed E-state index contributed by atoms with van der Waals surface area (Å²) in [4.78, 5) is 6.94. The standard InChI is InChI=1S/C17H27ClN4O/c1-12-6-8-22(9-7-12)13(2)11-20-17(19)21-14-4-5-16(23-3)15(18)10-14/h4-5,10,12-13H,6-9,11H2,1-3H3,(H3,19,20,21). The number of anilines is 1. The van der Waals surface area contributed by atoms with E-state index in [1.807, 2.05) is 6.07 Å². The van der Waals surface area contributed by atoms with Crippen molar-refractivity contribution in [2.75, 3.05) is 32.1 Å². The van der Waals surface area contributed by atoms with Crippen LogP contribution in [0.4, 0.5) is 5.69 Å². The van der Waals surface area contributed by atoms with Crippen LogP contribution in [0, 0.1) is 5.92 Å². The third-order valence-corrected chi connectivity index (χ3v) is 4.69. The number of methoxy groups -OCH3 is 1. The molecule has 2 rings (SSSR count). The molecule has 1 unspecified atom stereocenters. The molecule has 0 aliphatic carbocycles. The number of rotatable bonds is 5. The van der Waals surface area contributed by atoms with Crippen LogP contribution in [0.5, 0.6) is 5.75 Å². The van der Waals surface area contributed by atoms with Gasteiger partial charge in [0.05, 0.1) is 18.7 Å². The molecule has 0 bridgehead atoms. The minimum Gasteiger partial charge on any atom is -0.495 e. The highest BCUT2D eigenvalue weighted by atomic mass is 35.5. The van der Waals surface area contributed by atoms with Crippen LogP contribution in [-0.2, 0) is 0 Å². The van der Waals surface area contributed by atoms with Gasteiger partial charge < -0.3 is 15.8 Å². The number of guanidine groups is 1. The zero-order valence-corrected chi connectivity index (χ0v) is 14.9. The van der Waals surface area contributed by atoms with E-state index in [4.69, 9.17) is 22.1 Å².